The van der Waals surface area contributed by atoms with Crippen LogP contribution in [-0.4, -0.2) is 77.4 Å². The van der Waals surface area contributed by atoms with Crippen LogP contribution in [0.1, 0.15) is 111 Å². The molecule has 1 saturated carbocycles. The molecule has 3 N–H and O–H groups in total. The number of anilines is 1. The number of hydrogen-bond acceptors (Lipinski definition) is 8. The highest BCUT2D eigenvalue weighted by molar-refractivity contribution is 6.04. The number of hydrogen-bond donors (Lipinski definition) is 3. The maximum atomic E-state index is 16.2. The van der Waals surface area contributed by atoms with Gasteiger partial charge in [0.1, 0.15) is 23.6 Å². The topological polar surface area (TPSA) is 156 Å². The smallest absolute Gasteiger partial charge is 0.329 e. The van der Waals surface area contributed by atoms with Gasteiger partial charge in [-0.3, -0.25) is 33.5 Å². The Morgan fingerprint density at radius 3 is 2.50 bits per heavy atom. The molecule has 3 aliphatic rings. The number of rotatable bonds is 9. The lowest BCUT2D eigenvalue weighted by Gasteiger charge is -2.38. The average Bonchev–Trinajstić information content (AvgIpc) is 3.72. The van der Waals surface area contributed by atoms with E-state index in [4.69, 9.17) is 5.10 Å². The molecule has 16 heteroatoms. The Bertz CT molecular complexity index is 2460. The van der Waals surface area contributed by atoms with Gasteiger partial charge in [-0.1, -0.05) is 18.2 Å². The first kappa shape index (κ1) is 39.5. The van der Waals surface area contributed by atoms with E-state index in [0.29, 0.717) is 46.7 Å². The highest BCUT2D eigenvalue weighted by Gasteiger charge is 2.36. The third-order valence-corrected chi connectivity index (χ3v) is 12.2. The fourth-order valence-corrected chi connectivity index (χ4v) is 9.21. The molecule has 2 aromatic carbocycles. The van der Waals surface area contributed by atoms with E-state index >= 15 is 4.39 Å². The number of pyridine rings is 1. The zero-order valence-corrected chi connectivity index (χ0v) is 32.6. The highest BCUT2D eigenvalue weighted by Crippen LogP contribution is 2.39. The van der Waals surface area contributed by atoms with Crippen molar-refractivity contribution in [3.63, 3.8) is 0 Å². The molecule has 0 spiro atoms. The SMILES string of the molecule is Cn1c(=O)n(C2CCC(=O)NC2=O)c2cccc([C@@H]3CCN(CC4CCC(n5cc6cc(NC(=O)c7cccc(C(F)F)n7)c(C(C)(C)O)cc6n5)CC4)C[C@@H]3F)c21. The molecule has 0 radical (unpaired) electrons. The van der Waals surface area contributed by atoms with Crippen LogP contribution in [0.2, 0.25) is 0 Å². The molecule has 306 valence electrons. The number of carbonyl (C=O) groups is 3. The largest absolute Gasteiger partial charge is 0.386 e. The Kier molecular flexibility index (Phi) is 10.5. The van der Waals surface area contributed by atoms with Crippen LogP contribution in [0, 0.1) is 5.92 Å². The predicted octanol–water partition coefficient (Wildman–Crippen LogP) is 6.04. The van der Waals surface area contributed by atoms with Crippen molar-refractivity contribution >= 4 is 45.3 Å². The number of imidazole rings is 1. The fourth-order valence-electron chi connectivity index (χ4n) is 9.21. The van der Waals surface area contributed by atoms with Crippen LogP contribution in [-0.2, 0) is 22.2 Å². The molecule has 3 fully saturated rings. The summed E-state index contributed by atoms with van der Waals surface area (Å²) in [7, 11) is 1.65. The average molecular weight is 801 g/mol. The van der Waals surface area contributed by atoms with Gasteiger partial charge >= 0.3 is 5.69 Å². The summed E-state index contributed by atoms with van der Waals surface area (Å²) in [5.74, 6) is -1.56. The van der Waals surface area contributed by atoms with E-state index in [1.807, 2.05) is 16.9 Å². The molecular formula is C42H47F3N8O5. The number of piperidine rings is 2. The zero-order valence-electron chi connectivity index (χ0n) is 32.6. The number of halogens is 3. The van der Waals surface area contributed by atoms with Crippen molar-refractivity contribution in [3.05, 3.63) is 87.7 Å². The predicted molar refractivity (Wildman–Crippen MR) is 210 cm³/mol. The maximum absolute atomic E-state index is 16.2. The number of aromatic nitrogens is 5. The number of carbonyl (C=O) groups excluding carboxylic acids is 3. The molecule has 1 aliphatic carbocycles. The Balaban J connectivity index is 0.911. The normalized spacial score (nSPS) is 23.5. The van der Waals surface area contributed by atoms with Crippen molar-refractivity contribution in [2.75, 3.05) is 25.0 Å². The summed E-state index contributed by atoms with van der Waals surface area (Å²) in [6, 6.07) is 12.1. The summed E-state index contributed by atoms with van der Waals surface area (Å²) in [6.07, 6.45) is 2.55. The zero-order chi connectivity index (χ0) is 41.0. The molecule has 5 heterocycles. The van der Waals surface area contributed by atoms with Crippen LogP contribution in [0.5, 0.6) is 0 Å². The van der Waals surface area contributed by atoms with Gasteiger partial charge in [-0.2, -0.15) is 5.10 Å². The third-order valence-electron chi connectivity index (χ3n) is 12.2. The minimum absolute atomic E-state index is 0.132. The minimum Gasteiger partial charge on any atom is -0.386 e. The molecule has 3 aromatic heterocycles. The van der Waals surface area contributed by atoms with Crippen LogP contribution in [0.25, 0.3) is 21.9 Å². The number of aryl methyl sites for hydroxylation is 1. The van der Waals surface area contributed by atoms with Crippen molar-refractivity contribution < 1.29 is 32.7 Å². The van der Waals surface area contributed by atoms with Gasteiger partial charge < -0.3 is 15.3 Å². The number of para-hydroxylation sites is 1. The number of aliphatic hydroxyl groups is 1. The van der Waals surface area contributed by atoms with Crippen LogP contribution in [0.4, 0.5) is 18.9 Å². The molecule has 3 amide bonds. The molecule has 5 aromatic rings. The van der Waals surface area contributed by atoms with E-state index in [2.05, 4.69) is 20.5 Å². The van der Waals surface area contributed by atoms with Crippen molar-refractivity contribution in [1.29, 1.82) is 0 Å². The Morgan fingerprint density at radius 2 is 1.79 bits per heavy atom. The van der Waals surface area contributed by atoms with Gasteiger partial charge in [-0.05, 0) is 101 Å². The number of imide groups is 1. The van der Waals surface area contributed by atoms with Crippen LogP contribution in [0.3, 0.4) is 0 Å². The number of amides is 3. The third kappa shape index (κ3) is 7.54. The number of nitrogens with one attached hydrogen (secondary N) is 2. The van der Waals surface area contributed by atoms with Crippen molar-refractivity contribution in [1.82, 2.24) is 34.1 Å². The molecule has 3 atom stereocenters. The van der Waals surface area contributed by atoms with Gasteiger partial charge in [-0.15, -0.1) is 0 Å². The van der Waals surface area contributed by atoms with Crippen molar-refractivity contribution in [2.24, 2.45) is 13.0 Å². The van der Waals surface area contributed by atoms with Gasteiger partial charge in [0, 0.05) is 55.3 Å². The van der Waals surface area contributed by atoms with E-state index in [-0.39, 0.29) is 42.7 Å². The first-order valence-electron chi connectivity index (χ1n) is 19.9. The van der Waals surface area contributed by atoms with Crippen LogP contribution in [0.15, 0.2) is 59.5 Å². The van der Waals surface area contributed by atoms with Gasteiger partial charge in [0.2, 0.25) is 11.8 Å². The van der Waals surface area contributed by atoms with E-state index < -0.39 is 47.7 Å². The molecule has 13 nitrogen and oxygen atoms in total. The summed E-state index contributed by atoms with van der Waals surface area (Å²) in [4.78, 5) is 57.0. The summed E-state index contributed by atoms with van der Waals surface area (Å²) in [5.41, 5.74) is 0.962. The van der Waals surface area contributed by atoms with Gasteiger partial charge in [0.05, 0.1) is 28.2 Å². The second-order valence-electron chi connectivity index (χ2n) is 16.6. The molecule has 58 heavy (non-hydrogen) atoms. The van der Waals surface area contributed by atoms with Crippen LogP contribution >= 0.6 is 0 Å². The summed E-state index contributed by atoms with van der Waals surface area (Å²) < 4.78 is 47.5. The highest BCUT2D eigenvalue weighted by atomic mass is 19.3. The number of benzene rings is 2. The summed E-state index contributed by atoms with van der Waals surface area (Å²) in [6.45, 7) is 4.97. The van der Waals surface area contributed by atoms with Gasteiger partial charge in [-0.25, -0.2) is 22.9 Å². The molecule has 2 saturated heterocycles. The second kappa shape index (κ2) is 15.4. The minimum atomic E-state index is -2.82. The standard InChI is InChI=1S/C42H47F3N8O5/c1-42(2,58)28-19-32-24(18-33(28)47-39(55)31-8-5-7-30(46-31)38(44)45)21-52(49-32)25-12-10-23(11-13-25)20-51-17-16-26(29(43)22-51)27-6-4-9-34-37(27)50(3)41(57)53(34)35-14-15-36(54)48-40(35)56/h4-9,18-19,21,23,25-26,29,35,38,58H,10-17,20,22H2,1-3H3,(H,47,55)(H,48,54,56)/t23?,25?,26-,29-,35?/m0/s1. The molecule has 1 unspecified atom stereocenters. The number of nitrogens with zero attached hydrogens (tertiary/aromatic N) is 6. The summed E-state index contributed by atoms with van der Waals surface area (Å²) >= 11 is 0. The first-order chi connectivity index (χ1) is 27.7. The lowest BCUT2D eigenvalue weighted by molar-refractivity contribution is -0.135. The van der Waals surface area contributed by atoms with E-state index in [1.165, 1.54) is 21.3 Å². The lowest BCUT2D eigenvalue weighted by Crippen LogP contribution is -2.44. The van der Waals surface area contributed by atoms with Gasteiger partial charge in [0.15, 0.2) is 0 Å². The second-order valence-corrected chi connectivity index (χ2v) is 16.6. The van der Waals surface area contributed by atoms with Crippen molar-refractivity contribution in [2.45, 2.75) is 95.0 Å². The monoisotopic (exact) mass is 800 g/mol. The van der Waals surface area contributed by atoms with E-state index in [9.17, 15) is 33.1 Å². The van der Waals surface area contributed by atoms with Crippen molar-refractivity contribution in [3.8, 4) is 0 Å². The lowest BCUT2D eigenvalue weighted by atomic mass is 9.83. The fraction of sp³-hybridized carbons (Fsp3) is 0.476. The number of likely N-dealkylation sites (tertiary alicyclic amines) is 1. The van der Waals surface area contributed by atoms with E-state index in [0.717, 1.165) is 49.2 Å². The maximum Gasteiger partial charge on any atom is 0.329 e. The number of alkyl halides is 3. The Morgan fingerprint density at radius 1 is 1.03 bits per heavy atom. The van der Waals surface area contributed by atoms with E-state index in [1.54, 1.807) is 45.2 Å². The Labute approximate surface area is 332 Å². The first-order valence-corrected chi connectivity index (χ1v) is 19.9. The molecule has 2 aliphatic heterocycles. The molecule has 8 rings (SSSR count). The quantitative estimate of drug-likeness (QED) is 0.153. The van der Waals surface area contributed by atoms with Gasteiger partial charge in [0.25, 0.3) is 12.3 Å². The summed E-state index contributed by atoms with van der Waals surface area (Å²) in [5, 5.41) is 21.7. The van der Waals surface area contributed by atoms with Crippen LogP contribution < -0.4 is 16.3 Å². The molecular weight excluding hydrogens is 754 g/mol. The number of fused-ring (bicyclic) bond motifs is 2. The Hall–Kier alpha value is -5.35. The molecule has 0 bridgehead atoms.